The third kappa shape index (κ3) is 11.3. The molecule has 3 heterocycles. The Hall–Kier alpha value is -9.45. The van der Waals surface area contributed by atoms with Crippen LogP contribution in [0.2, 0.25) is 0 Å². The van der Waals surface area contributed by atoms with Crippen LogP contribution in [-0.4, -0.2) is 22.2 Å². The topological polar surface area (TPSA) is 35.9 Å². The fraction of sp³-hybridized carbons (Fsp3) is 0.143. The van der Waals surface area contributed by atoms with Crippen LogP contribution in [0.1, 0.15) is 116 Å². The quantitative estimate of drug-likeness (QED) is 0.0529. The number of hydrogen-bond acceptors (Lipinski definition) is 2. The van der Waals surface area contributed by atoms with Gasteiger partial charge in [-0.25, -0.2) is 4.98 Å². The zero-order valence-electron chi connectivity index (χ0n) is 77.9. The van der Waals surface area contributed by atoms with Crippen molar-refractivity contribution in [2.45, 2.75) is 78.6 Å². The normalized spacial score (nSPS) is 16.3. The first-order chi connectivity index (χ1) is 54.7. The first-order valence-corrected chi connectivity index (χ1v) is 31.1. The zero-order valence-corrected chi connectivity index (χ0v) is 54.2. The van der Waals surface area contributed by atoms with Gasteiger partial charge < -0.3 is 13.9 Å². The van der Waals surface area contributed by atoms with Crippen molar-refractivity contribution >= 4 is 61.7 Å². The first kappa shape index (κ1) is 36.4. The van der Waals surface area contributed by atoms with Crippen molar-refractivity contribution in [2.75, 3.05) is 0 Å². The van der Waals surface area contributed by atoms with Gasteiger partial charge >= 0.3 is 0 Å². The molecule has 0 fully saturated rings. The standard InChI is InChI=1S/C84H72N4OSi.Pt/c1-82(2,3)62-47-48-85-80(54-62)88-76-42-23-22-39-74(76)75-45-44-67(56-78(75)88)89-66-31-25-30-65(55-66)86-57-87(77-46-43-59(52-79(77)86)58-27-14-10-15-28-58)81-72(40-26-41-73(81)61-49-63(83(4,5)6)53-64(50-61)84(7,8)9)60-29-24-38-71(51-60)90(68-32-16-11-17-33-68,69-34-18-12-19-35-69)70-36-20-13-21-37-70;/h10-54H,1-9H3;/q-2;/i10D,11D,12D,13D,14D,15D,16D,17D,18D,19D,20D,21D,24D,27D,28D,29D,32D,33D,34D,35D,36D,37D,38D,49D,50D,51D,53D;. The summed E-state index contributed by atoms with van der Waals surface area (Å²) in [6, 6.07) is 9.97. The molecule has 0 N–H and O–H groups in total. The molecule has 91 heavy (non-hydrogen) atoms. The minimum absolute atomic E-state index is 0. The van der Waals surface area contributed by atoms with Crippen LogP contribution in [0.4, 0.5) is 0 Å². The van der Waals surface area contributed by atoms with Crippen molar-refractivity contribution in [1.29, 1.82) is 0 Å². The fourth-order valence-electron chi connectivity index (χ4n) is 11.2. The van der Waals surface area contributed by atoms with Gasteiger partial charge in [0, 0.05) is 44.3 Å². The van der Waals surface area contributed by atoms with Gasteiger partial charge in [0.2, 0.25) is 0 Å². The summed E-state index contributed by atoms with van der Waals surface area (Å²) in [5, 5.41) is -2.55. The van der Waals surface area contributed by atoms with Crippen LogP contribution in [0.5, 0.6) is 11.5 Å². The third-order valence-electron chi connectivity index (χ3n) is 15.7. The molecule has 0 aliphatic carbocycles. The van der Waals surface area contributed by atoms with Crippen LogP contribution >= 0.6 is 0 Å². The number of ether oxygens (including phenoxy) is 1. The second-order valence-electron chi connectivity index (χ2n) is 24.8. The van der Waals surface area contributed by atoms with Crippen LogP contribution in [0.3, 0.4) is 0 Å². The van der Waals surface area contributed by atoms with Crippen molar-refractivity contribution in [1.82, 2.24) is 14.1 Å². The molecule has 0 amide bonds. The van der Waals surface area contributed by atoms with Gasteiger partial charge in [0.25, 0.3) is 6.33 Å². The van der Waals surface area contributed by atoms with Crippen molar-refractivity contribution in [2.24, 2.45) is 0 Å². The molecule has 0 bridgehead atoms. The Labute approximate surface area is 589 Å². The summed E-state index contributed by atoms with van der Waals surface area (Å²) in [6.45, 7) is 17.0. The third-order valence-corrected chi connectivity index (χ3v) is 19.7. The zero-order chi connectivity index (χ0) is 85.4. The minimum atomic E-state index is -6.48. The van der Waals surface area contributed by atoms with Crippen LogP contribution in [0.25, 0.3) is 83.4 Å². The molecule has 7 heteroatoms. The molecule has 0 saturated heterocycles. The molecule has 14 aromatic rings. The van der Waals surface area contributed by atoms with E-state index in [-0.39, 0.29) is 117 Å². The first-order valence-electron chi connectivity index (χ1n) is 42.6. The van der Waals surface area contributed by atoms with E-state index < -0.39 is 190 Å². The number of imidazole rings is 1. The summed E-state index contributed by atoms with van der Waals surface area (Å²) in [6.07, 6.45) is 5.18. The molecular weight excluding hydrogens is 1300 g/mol. The molecule has 450 valence electrons. The number of para-hydroxylation sites is 2. The number of hydrogen-bond donors (Lipinski definition) is 0. The molecule has 0 aliphatic rings. The monoisotopic (exact) mass is 1400 g/mol. The van der Waals surface area contributed by atoms with Gasteiger partial charge in [-0.05, 0) is 122 Å². The molecule has 3 aromatic heterocycles. The van der Waals surface area contributed by atoms with Crippen LogP contribution in [0.15, 0.2) is 272 Å². The molecule has 0 saturated carbocycles. The van der Waals surface area contributed by atoms with Gasteiger partial charge in [-0.1, -0.05) is 280 Å². The van der Waals surface area contributed by atoms with E-state index in [9.17, 15) is 28.8 Å². The van der Waals surface area contributed by atoms with Crippen molar-refractivity contribution in [3.8, 4) is 62.1 Å². The number of aromatic nitrogens is 4. The number of nitrogens with zero attached hydrogens (tertiary/aromatic N) is 4. The molecule has 0 spiro atoms. The maximum absolute atomic E-state index is 11.1. The Morgan fingerprint density at radius 1 is 0.462 bits per heavy atom. The van der Waals surface area contributed by atoms with Crippen molar-refractivity contribution in [3.05, 3.63) is 308 Å². The molecule has 5 nitrogen and oxygen atoms in total. The SMILES string of the molecule is [2H]c1c([2H])c([2H])c(-c2ccc3c(c2)n(-c2[c-]c(Oc4[c-]c5c(cc4)c4ccccc4n5-c4cc(C(C)(C)C)ccn4)ccc2)[c-][n+]3-c2c(-c3c([2H])c(C(C)(C)C)c([2H])c(C(C)(C)C)c3[2H])cccc2-c2c([2H])c([2H])c([2H])c([Si](c3c([2H])c([2H])c([2H])c([2H])c3[2H])(c3c([2H])c([2H])c([2H])c([2H])c3[2H])c3c([2H])c([2H])c([2H])c([2H])c3[2H])c2[2H])c([2H])c1[2H].[Pt]. The van der Waals surface area contributed by atoms with Gasteiger partial charge in [-0.2, -0.15) is 18.2 Å². The summed E-state index contributed by atoms with van der Waals surface area (Å²) in [7, 11) is -6.48. The average molecular weight is 1400 g/mol. The Kier molecular flexibility index (Phi) is 9.63. The van der Waals surface area contributed by atoms with E-state index in [0.29, 0.717) is 11.3 Å². The van der Waals surface area contributed by atoms with Gasteiger partial charge in [-0.3, -0.25) is 4.57 Å². The Morgan fingerprint density at radius 3 is 1.67 bits per heavy atom. The van der Waals surface area contributed by atoms with Gasteiger partial charge in [-0.15, -0.1) is 29.7 Å². The maximum Gasteiger partial charge on any atom is 0.268 e. The predicted octanol–water partition coefficient (Wildman–Crippen LogP) is 17.9. The van der Waals surface area contributed by atoms with E-state index >= 15 is 0 Å². The number of rotatable bonds is 12. The van der Waals surface area contributed by atoms with E-state index in [1.165, 1.54) is 45.5 Å². The van der Waals surface area contributed by atoms with E-state index in [2.05, 4.69) is 39.2 Å². The van der Waals surface area contributed by atoms with E-state index in [1.807, 2.05) is 47.0 Å². The van der Waals surface area contributed by atoms with Crippen molar-refractivity contribution in [3.63, 3.8) is 0 Å². The van der Waals surface area contributed by atoms with Gasteiger partial charge in [0.1, 0.15) is 5.82 Å². The van der Waals surface area contributed by atoms with Crippen LogP contribution in [0, 0.1) is 18.5 Å². The van der Waals surface area contributed by atoms with Crippen molar-refractivity contribution < 1.29 is 67.4 Å². The van der Waals surface area contributed by atoms with Crippen LogP contribution < -0.4 is 30.1 Å². The smallest absolute Gasteiger partial charge is 0.268 e. The van der Waals surface area contributed by atoms with E-state index in [0.717, 1.165) is 21.9 Å². The Balaban J connectivity index is 0.0000121. The Morgan fingerprint density at radius 2 is 1.03 bits per heavy atom. The largest absolute Gasteiger partial charge is 0.510 e. The molecule has 0 unspecified atom stereocenters. The molecule has 11 aromatic carbocycles. The van der Waals surface area contributed by atoms with E-state index in [1.54, 1.807) is 72.0 Å². The predicted molar refractivity (Wildman–Crippen MR) is 376 cm³/mol. The number of pyridine rings is 1. The summed E-state index contributed by atoms with van der Waals surface area (Å²) in [5.74, 6) is 0.945. The second kappa shape index (κ2) is 24.1. The van der Waals surface area contributed by atoms with E-state index in [4.69, 9.17) is 17.9 Å². The minimum Gasteiger partial charge on any atom is -0.510 e. The molecule has 0 aliphatic heterocycles. The second-order valence-corrected chi connectivity index (χ2v) is 28.3. The summed E-state index contributed by atoms with van der Waals surface area (Å²) < 4.78 is 271. The fourth-order valence-corrected chi connectivity index (χ4v) is 14.8. The van der Waals surface area contributed by atoms with Gasteiger partial charge in [0.15, 0.2) is 8.07 Å². The maximum atomic E-state index is 11.1. The van der Waals surface area contributed by atoms with Gasteiger partial charge in [0.05, 0.1) is 53.7 Å². The number of benzene rings is 11. The number of fused-ring (bicyclic) bond motifs is 4. The molecular formula is C84H72N4OPtSi-2. The summed E-state index contributed by atoms with van der Waals surface area (Å²) >= 11 is 0. The molecule has 0 atom stereocenters. The summed E-state index contributed by atoms with van der Waals surface area (Å²) in [5.41, 5.74) is -0.965. The van der Waals surface area contributed by atoms with Crippen LogP contribution in [-0.2, 0) is 37.3 Å². The molecule has 14 rings (SSSR count). The Bertz CT molecular complexity index is 6360. The average Bonchev–Trinajstić information content (AvgIpc) is 0.771. The summed E-state index contributed by atoms with van der Waals surface area (Å²) in [4.78, 5) is 4.83. The molecule has 0 radical (unpaired) electrons.